The molecule has 0 radical (unpaired) electrons. The number of Topliss-reactive ketones (excluding diaryl/α,β-unsaturated/α-hetero) is 1. The molecule has 1 N–H and O–H groups in total. The van der Waals surface area contributed by atoms with Gasteiger partial charge in [-0.2, -0.15) is 0 Å². The highest BCUT2D eigenvalue weighted by molar-refractivity contribution is 5.98. The topological polar surface area (TPSA) is 72.5 Å². The molecule has 2 aromatic rings. The summed E-state index contributed by atoms with van der Waals surface area (Å²) >= 11 is 0. The van der Waals surface area contributed by atoms with Crippen LogP contribution in [-0.4, -0.2) is 30.8 Å². The number of rotatable bonds is 9. The molecule has 1 saturated carbocycles. The average Bonchev–Trinajstić information content (AvgIpc) is 3.27. The zero-order valence-electron chi connectivity index (χ0n) is 17.5. The molecule has 0 spiro atoms. The summed E-state index contributed by atoms with van der Waals surface area (Å²) in [5.74, 6) is -0.527. The third kappa shape index (κ3) is 5.35. The summed E-state index contributed by atoms with van der Waals surface area (Å²) in [6.45, 7) is 1.89. The number of benzene rings is 2. The monoisotopic (exact) mass is 407 g/mol. The highest BCUT2D eigenvalue weighted by atomic mass is 16.5. The van der Waals surface area contributed by atoms with Gasteiger partial charge in [-0.1, -0.05) is 67.4 Å². The Morgan fingerprint density at radius 2 is 1.63 bits per heavy atom. The highest BCUT2D eigenvalue weighted by Crippen LogP contribution is 2.42. The zero-order chi connectivity index (χ0) is 21.4. The fourth-order valence-corrected chi connectivity index (χ4v) is 4.11. The minimum Gasteiger partial charge on any atom is -0.457 e. The maximum atomic E-state index is 12.9. The fourth-order valence-electron chi connectivity index (χ4n) is 4.11. The van der Waals surface area contributed by atoms with E-state index in [-0.39, 0.29) is 24.3 Å². The second kappa shape index (κ2) is 10.2. The van der Waals surface area contributed by atoms with E-state index in [1.165, 1.54) is 6.92 Å². The van der Waals surface area contributed by atoms with Gasteiger partial charge in [-0.05, 0) is 36.8 Å². The Morgan fingerprint density at radius 1 is 0.967 bits per heavy atom. The lowest BCUT2D eigenvalue weighted by Gasteiger charge is -2.27. The smallest absolute Gasteiger partial charge is 0.317 e. The molecule has 0 aliphatic heterocycles. The second-order valence-corrected chi connectivity index (χ2v) is 7.94. The molecule has 5 nitrogen and oxygen atoms in total. The van der Waals surface area contributed by atoms with Crippen molar-refractivity contribution >= 4 is 17.7 Å². The minimum absolute atomic E-state index is 0.0304. The molecular weight excluding hydrogens is 378 g/mol. The molecule has 0 heterocycles. The molecular formula is C25H29NO4. The number of hydrogen-bond acceptors (Lipinski definition) is 4. The quantitative estimate of drug-likeness (QED) is 0.388. The molecule has 0 saturated heterocycles. The molecule has 0 aromatic heterocycles. The van der Waals surface area contributed by atoms with Crippen molar-refractivity contribution in [2.24, 2.45) is 0 Å². The lowest BCUT2D eigenvalue weighted by Crippen LogP contribution is -2.35. The van der Waals surface area contributed by atoms with Crippen molar-refractivity contribution in [3.05, 3.63) is 71.3 Å². The standard InChI is InChI=1S/C25H29NO4/c1-19(27)26-17-7-8-20-11-13-21(14-12-20)23(28)18-30-24(29)25(15-5-6-16-25)22-9-3-2-4-10-22/h2-4,9-14H,5-8,15-18H2,1H3,(H,26,27). The molecule has 1 aliphatic carbocycles. The van der Waals surface area contributed by atoms with Gasteiger partial charge in [-0.25, -0.2) is 0 Å². The van der Waals surface area contributed by atoms with E-state index in [1.807, 2.05) is 42.5 Å². The molecule has 1 aliphatic rings. The number of aryl methyl sites for hydroxylation is 1. The number of carbonyl (C=O) groups is 3. The van der Waals surface area contributed by atoms with Crippen molar-refractivity contribution in [1.82, 2.24) is 5.32 Å². The van der Waals surface area contributed by atoms with Crippen LogP contribution in [0.2, 0.25) is 0 Å². The number of nitrogens with one attached hydrogen (secondary N) is 1. The molecule has 30 heavy (non-hydrogen) atoms. The SMILES string of the molecule is CC(=O)NCCCc1ccc(C(=O)COC(=O)C2(c3ccccc3)CCCC2)cc1. The number of ketones is 1. The molecule has 1 amide bonds. The summed E-state index contributed by atoms with van der Waals surface area (Å²) in [6.07, 6.45) is 5.16. The van der Waals surface area contributed by atoms with Crippen LogP contribution in [0, 0.1) is 0 Å². The van der Waals surface area contributed by atoms with Crippen LogP contribution in [0.25, 0.3) is 0 Å². The first-order valence-electron chi connectivity index (χ1n) is 10.6. The van der Waals surface area contributed by atoms with E-state index in [0.29, 0.717) is 12.1 Å². The average molecular weight is 408 g/mol. The van der Waals surface area contributed by atoms with Crippen LogP contribution < -0.4 is 5.32 Å². The van der Waals surface area contributed by atoms with Crippen LogP contribution in [0.3, 0.4) is 0 Å². The fraction of sp³-hybridized carbons (Fsp3) is 0.400. The Balaban J connectivity index is 1.54. The van der Waals surface area contributed by atoms with Crippen molar-refractivity contribution in [3.8, 4) is 0 Å². The van der Waals surface area contributed by atoms with E-state index >= 15 is 0 Å². The molecule has 5 heteroatoms. The molecule has 0 unspecified atom stereocenters. The summed E-state index contributed by atoms with van der Waals surface area (Å²) < 4.78 is 5.50. The van der Waals surface area contributed by atoms with Gasteiger partial charge in [0, 0.05) is 19.0 Å². The van der Waals surface area contributed by atoms with Gasteiger partial charge in [-0.15, -0.1) is 0 Å². The highest BCUT2D eigenvalue weighted by Gasteiger charge is 2.44. The minimum atomic E-state index is -0.626. The van der Waals surface area contributed by atoms with Gasteiger partial charge in [0.15, 0.2) is 12.4 Å². The van der Waals surface area contributed by atoms with Crippen LogP contribution >= 0.6 is 0 Å². The maximum Gasteiger partial charge on any atom is 0.317 e. The van der Waals surface area contributed by atoms with Crippen LogP contribution in [0.5, 0.6) is 0 Å². The Kier molecular flexibility index (Phi) is 7.39. The van der Waals surface area contributed by atoms with Gasteiger partial charge < -0.3 is 10.1 Å². The first-order valence-corrected chi connectivity index (χ1v) is 10.6. The Labute approximate surface area is 177 Å². The number of ether oxygens (including phenoxy) is 1. The lowest BCUT2D eigenvalue weighted by atomic mass is 9.79. The van der Waals surface area contributed by atoms with Crippen molar-refractivity contribution in [3.63, 3.8) is 0 Å². The molecule has 158 valence electrons. The summed E-state index contributed by atoms with van der Waals surface area (Å²) in [6, 6.07) is 17.1. The van der Waals surface area contributed by atoms with Crippen LogP contribution in [0.4, 0.5) is 0 Å². The predicted octanol–water partition coefficient (Wildman–Crippen LogP) is 3.99. The molecule has 1 fully saturated rings. The van der Waals surface area contributed by atoms with Gasteiger partial charge in [0.2, 0.25) is 5.91 Å². The van der Waals surface area contributed by atoms with E-state index in [9.17, 15) is 14.4 Å². The summed E-state index contributed by atoms with van der Waals surface area (Å²) in [5, 5.41) is 2.77. The summed E-state index contributed by atoms with van der Waals surface area (Å²) in [7, 11) is 0. The van der Waals surface area contributed by atoms with Gasteiger partial charge in [0.1, 0.15) is 0 Å². The molecule has 0 atom stereocenters. The maximum absolute atomic E-state index is 12.9. The zero-order valence-corrected chi connectivity index (χ0v) is 17.5. The summed E-state index contributed by atoms with van der Waals surface area (Å²) in [5.41, 5.74) is 1.99. The lowest BCUT2D eigenvalue weighted by molar-refractivity contribution is -0.149. The molecule has 3 rings (SSSR count). The van der Waals surface area contributed by atoms with E-state index in [4.69, 9.17) is 4.74 Å². The van der Waals surface area contributed by atoms with E-state index in [0.717, 1.165) is 49.7 Å². The second-order valence-electron chi connectivity index (χ2n) is 7.94. The van der Waals surface area contributed by atoms with E-state index < -0.39 is 5.41 Å². The van der Waals surface area contributed by atoms with Crippen LogP contribution in [0.15, 0.2) is 54.6 Å². The number of hydrogen-bond donors (Lipinski definition) is 1. The third-order valence-corrected chi connectivity index (χ3v) is 5.80. The summed E-state index contributed by atoms with van der Waals surface area (Å²) in [4.78, 5) is 36.4. The molecule has 2 aromatic carbocycles. The Hall–Kier alpha value is -2.95. The van der Waals surface area contributed by atoms with Gasteiger partial charge >= 0.3 is 5.97 Å². The van der Waals surface area contributed by atoms with Crippen molar-refractivity contribution < 1.29 is 19.1 Å². The van der Waals surface area contributed by atoms with Crippen molar-refractivity contribution in [2.45, 2.75) is 50.9 Å². The van der Waals surface area contributed by atoms with Crippen molar-refractivity contribution in [1.29, 1.82) is 0 Å². The van der Waals surface area contributed by atoms with Crippen molar-refractivity contribution in [2.75, 3.05) is 13.2 Å². The van der Waals surface area contributed by atoms with Crippen LogP contribution in [-0.2, 0) is 26.2 Å². The van der Waals surface area contributed by atoms with Crippen LogP contribution in [0.1, 0.15) is 60.5 Å². The molecule has 0 bridgehead atoms. The Bertz CT molecular complexity index is 868. The third-order valence-electron chi connectivity index (χ3n) is 5.80. The first-order chi connectivity index (χ1) is 14.5. The largest absolute Gasteiger partial charge is 0.457 e. The van der Waals surface area contributed by atoms with Gasteiger partial charge in [0.05, 0.1) is 5.41 Å². The van der Waals surface area contributed by atoms with E-state index in [1.54, 1.807) is 12.1 Å². The van der Waals surface area contributed by atoms with Gasteiger partial charge in [0.25, 0.3) is 0 Å². The predicted molar refractivity (Wildman–Crippen MR) is 115 cm³/mol. The number of esters is 1. The number of amides is 1. The first kappa shape index (κ1) is 21.8. The Morgan fingerprint density at radius 3 is 2.27 bits per heavy atom. The van der Waals surface area contributed by atoms with Gasteiger partial charge in [-0.3, -0.25) is 14.4 Å². The van der Waals surface area contributed by atoms with E-state index in [2.05, 4.69) is 5.32 Å². The number of carbonyl (C=O) groups excluding carboxylic acids is 3. The normalized spacial score (nSPS) is 14.8.